The topological polar surface area (TPSA) is 50.4 Å². The summed E-state index contributed by atoms with van der Waals surface area (Å²) in [5.74, 6) is 0.923. The molecule has 1 aromatic rings. The maximum absolute atomic E-state index is 12.6. The average Bonchev–Trinajstić information content (AvgIpc) is 2.89. The Balaban J connectivity index is 2.12. The number of amides is 1. The van der Waals surface area contributed by atoms with Crippen molar-refractivity contribution in [1.29, 1.82) is 0 Å². The molecule has 0 aromatic heterocycles. The molecule has 1 aliphatic heterocycles. The molecule has 1 saturated heterocycles. The number of carbonyl (C=O) groups excluding carboxylic acids is 1. The fourth-order valence-corrected chi connectivity index (χ4v) is 2.96. The lowest BCUT2D eigenvalue weighted by Crippen LogP contribution is -2.50. The van der Waals surface area contributed by atoms with Gasteiger partial charge in [0.05, 0.1) is 12.6 Å². The predicted octanol–water partition coefficient (Wildman–Crippen LogP) is 2.86. The van der Waals surface area contributed by atoms with Gasteiger partial charge in [0.15, 0.2) is 0 Å². The van der Waals surface area contributed by atoms with Crippen LogP contribution >= 0.6 is 0 Å². The number of nitrogens with one attached hydrogen (secondary N) is 2. The Hall–Kier alpha value is -1.55. The van der Waals surface area contributed by atoms with Crippen LogP contribution < -0.4 is 15.4 Å². The number of ether oxygens (including phenoxy) is 1. The third-order valence-corrected chi connectivity index (χ3v) is 4.01. The molecule has 20 heavy (non-hydrogen) atoms. The summed E-state index contributed by atoms with van der Waals surface area (Å²) < 4.78 is 5.24. The van der Waals surface area contributed by atoms with E-state index in [1.165, 1.54) is 0 Å². The summed E-state index contributed by atoms with van der Waals surface area (Å²) in [7, 11) is 1.65. The van der Waals surface area contributed by atoms with Gasteiger partial charge < -0.3 is 15.4 Å². The minimum Gasteiger partial charge on any atom is -0.496 e. The second-order valence-corrected chi connectivity index (χ2v) is 5.50. The van der Waals surface area contributed by atoms with Crippen LogP contribution in [0.1, 0.15) is 38.2 Å². The van der Waals surface area contributed by atoms with Crippen LogP contribution in [0.25, 0.3) is 0 Å². The summed E-state index contributed by atoms with van der Waals surface area (Å²) in [5, 5.41) is 6.44. The number of carbonyl (C=O) groups is 1. The third-order valence-electron chi connectivity index (χ3n) is 4.01. The van der Waals surface area contributed by atoms with Crippen LogP contribution in [0.3, 0.4) is 0 Å². The van der Waals surface area contributed by atoms with Crippen molar-refractivity contribution in [2.45, 2.75) is 45.1 Å². The quantitative estimate of drug-likeness (QED) is 0.869. The molecule has 1 aliphatic rings. The minimum absolute atomic E-state index is 0.0846. The maximum atomic E-state index is 12.6. The van der Waals surface area contributed by atoms with E-state index in [0.29, 0.717) is 0 Å². The van der Waals surface area contributed by atoms with Crippen molar-refractivity contribution in [3.63, 3.8) is 0 Å². The number of rotatable bonds is 5. The highest BCUT2D eigenvalue weighted by atomic mass is 16.5. The lowest BCUT2D eigenvalue weighted by atomic mass is 9.90. The first kappa shape index (κ1) is 14.9. The maximum Gasteiger partial charge on any atom is 0.244 e. The van der Waals surface area contributed by atoms with Gasteiger partial charge in [-0.2, -0.15) is 0 Å². The summed E-state index contributed by atoms with van der Waals surface area (Å²) in [6.45, 7) is 5.02. The smallest absolute Gasteiger partial charge is 0.244 e. The van der Waals surface area contributed by atoms with E-state index in [1.807, 2.05) is 25.1 Å². The van der Waals surface area contributed by atoms with Crippen LogP contribution in [0.2, 0.25) is 0 Å². The van der Waals surface area contributed by atoms with Crippen molar-refractivity contribution in [1.82, 2.24) is 5.32 Å². The Labute approximate surface area is 120 Å². The van der Waals surface area contributed by atoms with E-state index >= 15 is 0 Å². The van der Waals surface area contributed by atoms with Gasteiger partial charge in [0, 0.05) is 5.69 Å². The van der Waals surface area contributed by atoms with E-state index in [4.69, 9.17) is 4.74 Å². The van der Waals surface area contributed by atoms with E-state index in [2.05, 4.69) is 17.6 Å². The average molecular weight is 276 g/mol. The first-order valence-corrected chi connectivity index (χ1v) is 7.32. The summed E-state index contributed by atoms with van der Waals surface area (Å²) in [6, 6.07) is 5.73. The monoisotopic (exact) mass is 276 g/mol. The van der Waals surface area contributed by atoms with Gasteiger partial charge in [0.2, 0.25) is 5.91 Å². The van der Waals surface area contributed by atoms with Crippen LogP contribution in [-0.4, -0.2) is 25.1 Å². The number of aryl methyl sites for hydroxylation is 1. The van der Waals surface area contributed by atoms with Gasteiger partial charge in [-0.05, 0) is 56.5 Å². The Morgan fingerprint density at radius 3 is 2.85 bits per heavy atom. The second-order valence-electron chi connectivity index (χ2n) is 5.50. The van der Waals surface area contributed by atoms with E-state index in [1.54, 1.807) is 7.11 Å². The van der Waals surface area contributed by atoms with Crippen LogP contribution in [-0.2, 0) is 4.79 Å². The molecule has 1 amide bonds. The van der Waals surface area contributed by atoms with E-state index in [0.717, 1.165) is 49.2 Å². The number of methoxy groups -OCH3 is 1. The zero-order chi connectivity index (χ0) is 14.6. The zero-order valence-corrected chi connectivity index (χ0v) is 12.6. The van der Waals surface area contributed by atoms with E-state index in [-0.39, 0.29) is 11.4 Å². The van der Waals surface area contributed by atoms with Crippen LogP contribution in [0, 0.1) is 6.92 Å². The van der Waals surface area contributed by atoms with Crippen molar-refractivity contribution in [3.05, 3.63) is 23.8 Å². The Bertz CT molecular complexity index is 479. The molecule has 4 nitrogen and oxygen atoms in total. The first-order chi connectivity index (χ1) is 9.61. The molecule has 1 heterocycles. The number of hydrogen-bond acceptors (Lipinski definition) is 3. The summed E-state index contributed by atoms with van der Waals surface area (Å²) in [5.41, 5.74) is 1.47. The highest BCUT2D eigenvalue weighted by Crippen LogP contribution is 2.27. The molecule has 4 heteroatoms. The van der Waals surface area contributed by atoms with Crippen molar-refractivity contribution in [2.75, 3.05) is 19.0 Å². The molecule has 2 rings (SSSR count). The Kier molecular flexibility index (Phi) is 4.65. The van der Waals surface area contributed by atoms with Crippen molar-refractivity contribution < 1.29 is 9.53 Å². The van der Waals surface area contributed by atoms with Gasteiger partial charge in [-0.3, -0.25) is 4.79 Å². The molecule has 1 aromatic carbocycles. The Morgan fingerprint density at radius 2 is 2.30 bits per heavy atom. The molecule has 1 fully saturated rings. The number of hydrogen-bond donors (Lipinski definition) is 2. The predicted molar refractivity (Wildman–Crippen MR) is 81.2 cm³/mol. The molecule has 0 saturated carbocycles. The molecular weight excluding hydrogens is 252 g/mol. The highest BCUT2D eigenvalue weighted by Gasteiger charge is 2.39. The molecule has 110 valence electrons. The lowest BCUT2D eigenvalue weighted by Gasteiger charge is -2.28. The molecule has 0 radical (unpaired) electrons. The fraction of sp³-hybridized carbons (Fsp3) is 0.562. The molecule has 1 unspecified atom stereocenters. The minimum atomic E-state index is -0.386. The second kappa shape index (κ2) is 6.27. The van der Waals surface area contributed by atoms with Crippen molar-refractivity contribution in [3.8, 4) is 5.75 Å². The zero-order valence-electron chi connectivity index (χ0n) is 12.6. The lowest BCUT2D eigenvalue weighted by molar-refractivity contribution is -0.122. The summed E-state index contributed by atoms with van der Waals surface area (Å²) >= 11 is 0. The third kappa shape index (κ3) is 2.96. The molecular formula is C16H24N2O2. The molecule has 0 aliphatic carbocycles. The van der Waals surface area contributed by atoms with E-state index < -0.39 is 0 Å². The number of benzene rings is 1. The van der Waals surface area contributed by atoms with Gasteiger partial charge in [-0.25, -0.2) is 0 Å². The molecule has 0 bridgehead atoms. The van der Waals surface area contributed by atoms with Crippen molar-refractivity contribution >= 4 is 11.6 Å². The molecule has 1 atom stereocenters. The fourth-order valence-electron chi connectivity index (χ4n) is 2.96. The van der Waals surface area contributed by atoms with Crippen LogP contribution in [0.5, 0.6) is 5.75 Å². The normalized spacial score (nSPS) is 21.8. The highest BCUT2D eigenvalue weighted by molar-refractivity contribution is 5.98. The largest absolute Gasteiger partial charge is 0.496 e. The van der Waals surface area contributed by atoms with Crippen molar-refractivity contribution in [2.24, 2.45) is 0 Å². The molecule has 2 N–H and O–H groups in total. The van der Waals surface area contributed by atoms with Gasteiger partial charge in [0.25, 0.3) is 0 Å². The van der Waals surface area contributed by atoms with Gasteiger partial charge in [0.1, 0.15) is 5.75 Å². The van der Waals surface area contributed by atoms with Crippen LogP contribution in [0.15, 0.2) is 18.2 Å². The molecule has 0 spiro atoms. The first-order valence-electron chi connectivity index (χ1n) is 7.32. The van der Waals surface area contributed by atoms with Crippen LogP contribution in [0.4, 0.5) is 5.69 Å². The van der Waals surface area contributed by atoms with E-state index in [9.17, 15) is 4.79 Å². The van der Waals surface area contributed by atoms with Gasteiger partial charge in [-0.15, -0.1) is 0 Å². The number of anilines is 1. The summed E-state index contributed by atoms with van der Waals surface area (Å²) in [4.78, 5) is 12.6. The van der Waals surface area contributed by atoms with Gasteiger partial charge >= 0.3 is 0 Å². The Morgan fingerprint density at radius 1 is 1.50 bits per heavy atom. The SMILES string of the molecule is CCCC1(C(=O)Nc2ccc(OC)c(C)c2)CCCN1. The van der Waals surface area contributed by atoms with Gasteiger partial charge in [-0.1, -0.05) is 13.3 Å². The summed E-state index contributed by atoms with van der Waals surface area (Å²) in [6.07, 6.45) is 3.87. The standard InChI is InChI=1S/C16H24N2O2/c1-4-8-16(9-5-10-17-16)15(19)18-13-6-7-14(20-3)12(2)11-13/h6-7,11,17H,4-5,8-10H2,1-3H3,(H,18,19).